The molecule has 0 amide bonds. The van der Waals surface area contributed by atoms with Gasteiger partial charge in [0.25, 0.3) is 0 Å². The molecule has 3 heterocycles. The molecule has 1 aliphatic heterocycles. The maximum Gasteiger partial charge on any atom is 0.0705 e. The Balaban J connectivity index is 1.20. The van der Waals surface area contributed by atoms with Gasteiger partial charge in [0.05, 0.1) is 5.69 Å². The normalized spacial score (nSPS) is 14.7. The summed E-state index contributed by atoms with van der Waals surface area (Å²) in [6.07, 6.45) is 5.98. The molecule has 2 aromatic heterocycles. The molecule has 0 unspecified atom stereocenters. The summed E-state index contributed by atoms with van der Waals surface area (Å²) >= 11 is 0. The van der Waals surface area contributed by atoms with Crippen LogP contribution in [0.1, 0.15) is 44.5 Å². The van der Waals surface area contributed by atoms with E-state index in [2.05, 4.69) is 104 Å². The van der Waals surface area contributed by atoms with E-state index >= 15 is 0 Å². The van der Waals surface area contributed by atoms with Gasteiger partial charge >= 0.3 is 0 Å². The molecule has 1 saturated heterocycles. The molecule has 0 bridgehead atoms. The van der Waals surface area contributed by atoms with Crippen LogP contribution in [0.2, 0.25) is 0 Å². The van der Waals surface area contributed by atoms with Gasteiger partial charge in [-0.1, -0.05) is 12.1 Å². The molecule has 0 aliphatic carbocycles. The number of nitrogens with zero attached hydrogens (tertiary/aromatic N) is 4. The van der Waals surface area contributed by atoms with Gasteiger partial charge in [-0.15, -0.1) is 0 Å². The number of hydrogen-bond donors (Lipinski definition) is 0. The Morgan fingerprint density at radius 1 is 0.579 bits per heavy atom. The second-order valence-electron chi connectivity index (χ2n) is 11.2. The molecule has 196 valence electrons. The highest BCUT2D eigenvalue weighted by atomic mass is 15.3. The highest BCUT2D eigenvalue weighted by molar-refractivity contribution is 5.66. The number of aryl methyl sites for hydroxylation is 4. The summed E-state index contributed by atoms with van der Waals surface area (Å²) in [7, 11) is 0. The molecule has 4 heteroatoms. The maximum absolute atomic E-state index is 4.68. The highest BCUT2D eigenvalue weighted by Crippen LogP contribution is 2.26. The fourth-order valence-corrected chi connectivity index (χ4v) is 5.47. The molecule has 4 aromatic rings. The van der Waals surface area contributed by atoms with Crippen molar-refractivity contribution in [3.05, 3.63) is 106 Å². The molecule has 38 heavy (non-hydrogen) atoms. The van der Waals surface area contributed by atoms with Crippen molar-refractivity contribution in [2.75, 3.05) is 26.2 Å². The molecule has 0 atom stereocenters. The first-order valence-electron chi connectivity index (χ1n) is 13.8. The predicted octanol–water partition coefficient (Wildman–Crippen LogP) is 6.98. The third-order valence-electron chi connectivity index (χ3n) is 8.38. The third-order valence-corrected chi connectivity index (χ3v) is 8.38. The lowest BCUT2D eigenvalue weighted by Gasteiger charge is -2.34. The molecule has 5 rings (SSSR count). The molecular formula is C34H40N4. The van der Waals surface area contributed by atoms with Crippen molar-refractivity contribution in [3.8, 4) is 22.4 Å². The van der Waals surface area contributed by atoms with Gasteiger partial charge in [0.1, 0.15) is 0 Å². The Morgan fingerprint density at radius 2 is 1.11 bits per heavy atom. The van der Waals surface area contributed by atoms with Crippen LogP contribution < -0.4 is 0 Å². The van der Waals surface area contributed by atoms with Crippen LogP contribution in [-0.4, -0.2) is 45.9 Å². The van der Waals surface area contributed by atoms with Gasteiger partial charge < -0.3 is 0 Å². The number of pyridine rings is 2. The van der Waals surface area contributed by atoms with Gasteiger partial charge in [-0.2, -0.15) is 0 Å². The number of piperazine rings is 1. The molecule has 0 radical (unpaired) electrons. The van der Waals surface area contributed by atoms with Crippen molar-refractivity contribution in [2.45, 2.75) is 54.6 Å². The van der Waals surface area contributed by atoms with Crippen LogP contribution in [0.5, 0.6) is 0 Å². The Bertz CT molecular complexity index is 1290. The first kappa shape index (κ1) is 26.3. The van der Waals surface area contributed by atoms with Crippen molar-refractivity contribution in [1.29, 1.82) is 0 Å². The third kappa shape index (κ3) is 5.87. The zero-order valence-electron chi connectivity index (χ0n) is 23.8. The highest BCUT2D eigenvalue weighted by Gasteiger charge is 2.18. The van der Waals surface area contributed by atoms with Crippen LogP contribution in [0, 0.1) is 41.5 Å². The van der Waals surface area contributed by atoms with E-state index in [1.54, 1.807) is 0 Å². The van der Waals surface area contributed by atoms with Gasteiger partial charge in [0.15, 0.2) is 0 Å². The van der Waals surface area contributed by atoms with Gasteiger partial charge in [0.2, 0.25) is 0 Å². The lowest BCUT2D eigenvalue weighted by molar-refractivity contribution is 0.122. The SMILES string of the molecule is Cc1cc(-c2cncc(CN3CCN(Cc4ccnc(-c5cc(C)c(C)c(C)c5)c4)CC3)c2)cc(C)c1C. The second-order valence-corrected chi connectivity index (χ2v) is 11.2. The van der Waals surface area contributed by atoms with Crippen molar-refractivity contribution in [3.63, 3.8) is 0 Å². The first-order valence-corrected chi connectivity index (χ1v) is 13.8. The monoisotopic (exact) mass is 504 g/mol. The molecule has 2 aromatic carbocycles. The largest absolute Gasteiger partial charge is 0.297 e. The van der Waals surface area contributed by atoms with Crippen molar-refractivity contribution >= 4 is 0 Å². The van der Waals surface area contributed by atoms with Crippen LogP contribution in [0.25, 0.3) is 22.4 Å². The quantitative estimate of drug-likeness (QED) is 0.284. The maximum atomic E-state index is 4.68. The molecule has 0 saturated carbocycles. The average molecular weight is 505 g/mol. The van der Waals surface area contributed by atoms with Gasteiger partial charge in [-0.3, -0.25) is 19.8 Å². The minimum atomic E-state index is 0.948. The van der Waals surface area contributed by atoms with Gasteiger partial charge in [-0.05, 0) is 122 Å². The minimum absolute atomic E-state index is 0.948. The van der Waals surface area contributed by atoms with E-state index in [4.69, 9.17) is 0 Å². The van der Waals surface area contributed by atoms with Crippen LogP contribution in [0.15, 0.2) is 61.1 Å². The topological polar surface area (TPSA) is 32.3 Å². The molecule has 4 nitrogen and oxygen atoms in total. The summed E-state index contributed by atoms with van der Waals surface area (Å²) in [5.41, 5.74) is 15.4. The predicted molar refractivity (Wildman–Crippen MR) is 158 cm³/mol. The molecule has 1 aliphatic rings. The smallest absolute Gasteiger partial charge is 0.0705 e. The van der Waals surface area contributed by atoms with E-state index in [-0.39, 0.29) is 0 Å². The van der Waals surface area contributed by atoms with Gasteiger partial charge in [-0.25, -0.2) is 0 Å². The summed E-state index contributed by atoms with van der Waals surface area (Å²) in [5, 5.41) is 0. The van der Waals surface area contributed by atoms with E-state index < -0.39 is 0 Å². The molecule has 0 N–H and O–H groups in total. The summed E-state index contributed by atoms with van der Waals surface area (Å²) in [5.74, 6) is 0. The van der Waals surface area contributed by atoms with Crippen LogP contribution in [0.3, 0.4) is 0 Å². The van der Waals surface area contributed by atoms with E-state index in [0.29, 0.717) is 0 Å². The number of hydrogen-bond acceptors (Lipinski definition) is 4. The van der Waals surface area contributed by atoms with E-state index in [1.807, 2.05) is 18.6 Å². The standard InChI is InChI=1S/C34H40N4/c1-23-13-31(14-24(2)27(23)5)33-17-30(19-35-20-33)22-38-11-9-37(10-12-38)21-29-7-8-36-34(18-29)32-15-25(3)28(6)26(4)16-32/h7-8,13-20H,9-12,21-22H2,1-6H3. The number of aromatic nitrogens is 2. The summed E-state index contributed by atoms with van der Waals surface area (Å²) in [4.78, 5) is 14.4. The number of rotatable bonds is 6. The summed E-state index contributed by atoms with van der Waals surface area (Å²) in [6, 6.07) is 15.8. The molecule has 1 fully saturated rings. The van der Waals surface area contributed by atoms with Crippen molar-refractivity contribution in [2.24, 2.45) is 0 Å². The zero-order chi connectivity index (χ0) is 26.8. The fourth-order valence-electron chi connectivity index (χ4n) is 5.47. The first-order chi connectivity index (χ1) is 18.3. The zero-order valence-corrected chi connectivity index (χ0v) is 23.8. The van der Waals surface area contributed by atoms with E-state index in [1.165, 1.54) is 61.2 Å². The molecular weight excluding hydrogens is 464 g/mol. The van der Waals surface area contributed by atoms with E-state index in [9.17, 15) is 0 Å². The lowest BCUT2D eigenvalue weighted by Crippen LogP contribution is -2.45. The Kier molecular flexibility index (Phi) is 7.73. The number of benzene rings is 2. The van der Waals surface area contributed by atoms with Crippen LogP contribution in [0.4, 0.5) is 0 Å². The van der Waals surface area contributed by atoms with Crippen molar-refractivity contribution in [1.82, 2.24) is 19.8 Å². The summed E-state index contributed by atoms with van der Waals surface area (Å²) in [6.45, 7) is 19.4. The lowest BCUT2D eigenvalue weighted by atomic mass is 9.96. The van der Waals surface area contributed by atoms with E-state index in [0.717, 1.165) is 45.0 Å². The van der Waals surface area contributed by atoms with Crippen molar-refractivity contribution < 1.29 is 0 Å². The molecule has 0 spiro atoms. The minimum Gasteiger partial charge on any atom is -0.297 e. The summed E-state index contributed by atoms with van der Waals surface area (Å²) < 4.78 is 0. The van der Waals surface area contributed by atoms with Crippen LogP contribution in [-0.2, 0) is 13.1 Å². The van der Waals surface area contributed by atoms with Crippen LogP contribution >= 0.6 is 0 Å². The second kappa shape index (κ2) is 11.2. The fraction of sp³-hybridized carbons (Fsp3) is 0.353. The van der Waals surface area contributed by atoms with Gasteiger partial charge in [0, 0.05) is 69.0 Å². The Labute approximate surface area is 228 Å². The Hall–Kier alpha value is -3.34. The average Bonchev–Trinajstić information content (AvgIpc) is 2.91. The Morgan fingerprint density at radius 3 is 1.68 bits per heavy atom.